The summed E-state index contributed by atoms with van der Waals surface area (Å²) in [6.07, 6.45) is 0. The van der Waals surface area contributed by atoms with E-state index in [1.165, 1.54) is 12.1 Å². The Morgan fingerprint density at radius 1 is 0.842 bits per heavy atom. The van der Waals surface area contributed by atoms with Crippen LogP contribution < -0.4 is 15.1 Å². The number of carbonyl (C=O) groups is 1. The van der Waals surface area contributed by atoms with Crippen molar-refractivity contribution in [3.63, 3.8) is 0 Å². The maximum atomic E-state index is 13.9. The van der Waals surface area contributed by atoms with Crippen LogP contribution in [0.25, 0.3) is 10.9 Å². The topological polar surface area (TPSA) is 74.7 Å². The van der Waals surface area contributed by atoms with Crippen LogP contribution in [0.3, 0.4) is 0 Å². The molecule has 5 aromatic rings. The smallest absolute Gasteiger partial charge is 0.274 e. The number of nitrogens with zero attached hydrogens (tertiary/aromatic N) is 2. The molecule has 0 atom stereocenters. The molecule has 190 valence electrons. The van der Waals surface area contributed by atoms with Crippen LogP contribution in [-0.2, 0) is 19.7 Å². The maximum Gasteiger partial charge on any atom is 0.274 e. The van der Waals surface area contributed by atoms with Crippen molar-refractivity contribution in [3.8, 4) is 5.75 Å². The van der Waals surface area contributed by atoms with Gasteiger partial charge in [0.25, 0.3) is 5.91 Å². The lowest BCUT2D eigenvalue weighted by Gasteiger charge is -2.26. The van der Waals surface area contributed by atoms with Crippen molar-refractivity contribution in [1.82, 2.24) is 10.5 Å². The molecule has 7 heteroatoms. The van der Waals surface area contributed by atoms with Crippen LogP contribution in [-0.4, -0.2) is 16.1 Å². The van der Waals surface area contributed by atoms with Gasteiger partial charge in [-0.2, -0.15) is 0 Å². The minimum Gasteiger partial charge on any atom is -0.487 e. The number of halogens is 1. The average molecular weight is 508 g/mol. The first kappa shape index (κ1) is 24.9. The number of aromatic nitrogens is 1. The van der Waals surface area contributed by atoms with Crippen LogP contribution in [0.2, 0.25) is 0 Å². The maximum absolute atomic E-state index is 13.9. The standard InChI is InChI=1S/C31H26FN3O3/c32-26-7-3-5-23(17-26)20-35(19-22-11-13-25(14-12-22)31(36)34-37)28-8-4-9-29(18-28)38-21-27-16-15-24-6-1-2-10-30(24)33-27/h1-18,37H,19-21H2,(H,34,36). The number of pyridine rings is 1. The number of amides is 1. The quantitative estimate of drug-likeness (QED) is 0.181. The van der Waals surface area contributed by atoms with Gasteiger partial charge in [0, 0.05) is 35.8 Å². The van der Waals surface area contributed by atoms with Crippen LogP contribution in [0.15, 0.2) is 109 Å². The summed E-state index contributed by atoms with van der Waals surface area (Å²) < 4.78 is 20.0. The van der Waals surface area contributed by atoms with Gasteiger partial charge in [0.15, 0.2) is 0 Å². The Labute approximate surface area is 219 Å². The Kier molecular flexibility index (Phi) is 7.57. The van der Waals surface area contributed by atoms with Gasteiger partial charge in [-0.1, -0.05) is 54.6 Å². The first-order valence-corrected chi connectivity index (χ1v) is 12.2. The summed E-state index contributed by atoms with van der Waals surface area (Å²) in [5, 5.41) is 9.95. The summed E-state index contributed by atoms with van der Waals surface area (Å²) in [5.74, 6) is -0.169. The van der Waals surface area contributed by atoms with Crippen molar-refractivity contribution in [2.24, 2.45) is 0 Å². The number of hydrogen-bond acceptors (Lipinski definition) is 5. The lowest BCUT2D eigenvalue weighted by atomic mass is 10.1. The van der Waals surface area contributed by atoms with E-state index < -0.39 is 5.91 Å². The van der Waals surface area contributed by atoms with Crippen molar-refractivity contribution < 1.29 is 19.1 Å². The largest absolute Gasteiger partial charge is 0.487 e. The molecule has 0 aliphatic carbocycles. The van der Waals surface area contributed by atoms with Gasteiger partial charge in [-0.3, -0.25) is 10.0 Å². The van der Waals surface area contributed by atoms with E-state index in [9.17, 15) is 9.18 Å². The van der Waals surface area contributed by atoms with E-state index in [1.54, 1.807) is 23.7 Å². The van der Waals surface area contributed by atoms with E-state index in [-0.39, 0.29) is 5.82 Å². The number of ether oxygens (including phenoxy) is 1. The number of anilines is 1. The molecular weight excluding hydrogens is 481 g/mol. The summed E-state index contributed by atoms with van der Waals surface area (Å²) in [5.41, 5.74) is 6.42. The number of hydrogen-bond donors (Lipinski definition) is 2. The molecule has 1 heterocycles. The number of nitrogens with one attached hydrogen (secondary N) is 1. The fourth-order valence-corrected chi connectivity index (χ4v) is 4.26. The van der Waals surface area contributed by atoms with Gasteiger partial charge in [-0.25, -0.2) is 14.9 Å². The van der Waals surface area contributed by atoms with E-state index >= 15 is 0 Å². The number of fused-ring (bicyclic) bond motifs is 1. The number of para-hydroxylation sites is 1. The summed E-state index contributed by atoms with van der Waals surface area (Å²) in [6, 6.07) is 33.2. The van der Waals surface area contributed by atoms with E-state index in [2.05, 4.69) is 9.88 Å². The highest BCUT2D eigenvalue weighted by molar-refractivity contribution is 5.93. The molecule has 1 aromatic heterocycles. The molecule has 1 amide bonds. The van der Waals surface area contributed by atoms with E-state index in [0.29, 0.717) is 31.0 Å². The van der Waals surface area contributed by atoms with Crippen molar-refractivity contribution in [2.75, 3.05) is 4.90 Å². The van der Waals surface area contributed by atoms with Gasteiger partial charge in [0.05, 0.1) is 11.2 Å². The highest BCUT2D eigenvalue weighted by Crippen LogP contribution is 2.26. The lowest BCUT2D eigenvalue weighted by molar-refractivity contribution is 0.0706. The molecule has 0 saturated heterocycles. The second-order valence-electron chi connectivity index (χ2n) is 8.91. The summed E-state index contributed by atoms with van der Waals surface area (Å²) in [7, 11) is 0. The molecular formula is C31H26FN3O3. The zero-order valence-electron chi connectivity index (χ0n) is 20.5. The molecule has 0 fully saturated rings. The number of hydroxylamine groups is 1. The van der Waals surface area contributed by atoms with Crippen molar-refractivity contribution >= 4 is 22.5 Å². The second kappa shape index (κ2) is 11.5. The fourth-order valence-electron chi connectivity index (χ4n) is 4.26. The molecule has 4 aromatic carbocycles. The second-order valence-corrected chi connectivity index (χ2v) is 8.91. The van der Waals surface area contributed by atoms with E-state index in [1.807, 2.05) is 78.9 Å². The van der Waals surface area contributed by atoms with Crippen molar-refractivity contribution in [3.05, 3.63) is 137 Å². The molecule has 0 spiro atoms. The predicted octanol–water partition coefficient (Wildman–Crippen LogP) is 6.28. The third-order valence-corrected chi connectivity index (χ3v) is 6.18. The van der Waals surface area contributed by atoms with Gasteiger partial charge in [0.1, 0.15) is 18.2 Å². The molecule has 0 unspecified atom stereocenters. The van der Waals surface area contributed by atoms with Crippen LogP contribution in [0.4, 0.5) is 10.1 Å². The van der Waals surface area contributed by atoms with Gasteiger partial charge in [0.2, 0.25) is 0 Å². The van der Waals surface area contributed by atoms with E-state index in [0.717, 1.165) is 33.4 Å². The zero-order chi connectivity index (χ0) is 26.3. The molecule has 0 aliphatic rings. The Morgan fingerprint density at radius 3 is 2.45 bits per heavy atom. The number of benzene rings is 4. The van der Waals surface area contributed by atoms with Crippen LogP contribution in [0.1, 0.15) is 27.2 Å². The predicted molar refractivity (Wildman–Crippen MR) is 144 cm³/mol. The summed E-state index contributed by atoms with van der Waals surface area (Å²) in [4.78, 5) is 18.5. The zero-order valence-corrected chi connectivity index (χ0v) is 20.5. The van der Waals surface area contributed by atoms with Crippen LogP contribution in [0, 0.1) is 5.82 Å². The minimum atomic E-state index is -0.570. The normalized spacial score (nSPS) is 10.8. The summed E-state index contributed by atoms with van der Waals surface area (Å²) in [6.45, 7) is 1.30. The van der Waals surface area contributed by atoms with Crippen LogP contribution >= 0.6 is 0 Å². The minimum absolute atomic E-state index is 0.290. The highest BCUT2D eigenvalue weighted by Gasteiger charge is 2.12. The Hall–Kier alpha value is -4.75. The Morgan fingerprint density at radius 2 is 1.63 bits per heavy atom. The molecule has 0 aliphatic heterocycles. The Balaban J connectivity index is 1.36. The Bertz CT molecular complexity index is 1560. The third-order valence-electron chi connectivity index (χ3n) is 6.18. The highest BCUT2D eigenvalue weighted by atomic mass is 19.1. The summed E-state index contributed by atoms with van der Waals surface area (Å²) >= 11 is 0. The van der Waals surface area contributed by atoms with Crippen LogP contribution in [0.5, 0.6) is 5.75 Å². The molecule has 0 radical (unpaired) electrons. The molecule has 38 heavy (non-hydrogen) atoms. The van der Waals surface area contributed by atoms with Gasteiger partial charge in [-0.05, 0) is 59.7 Å². The molecule has 5 rings (SSSR count). The van der Waals surface area contributed by atoms with Crippen molar-refractivity contribution in [1.29, 1.82) is 0 Å². The fraction of sp³-hybridized carbons (Fsp3) is 0.0968. The van der Waals surface area contributed by atoms with Gasteiger partial charge < -0.3 is 9.64 Å². The molecule has 2 N–H and O–H groups in total. The first-order valence-electron chi connectivity index (χ1n) is 12.2. The van der Waals surface area contributed by atoms with Gasteiger partial charge in [-0.15, -0.1) is 0 Å². The average Bonchev–Trinajstić information content (AvgIpc) is 2.96. The number of rotatable bonds is 9. The SMILES string of the molecule is O=C(NO)c1ccc(CN(Cc2cccc(F)c2)c2cccc(OCc3ccc4ccccc4n3)c2)cc1. The molecule has 0 saturated carbocycles. The molecule has 0 bridgehead atoms. The van der Waals surface area contributed by atoms with E-state index in [4.69, 9.17) is 9.94 Å². The van der Waals surface area contributed by atoms with Crippen molar-refractivity contribution in [2.45, 2.75) is 19.7 Å². The monoisotopic (exact) mass is 507 g/mol. The van der Waals surface area contributed by atoms with Gasteiger partial charge >= 0.3 is 0 Å². The molecule has 6 nitrogen and oxygen atoms in total. The lowest BCUT2D eigenvalue weighted by Crippen LogP contribution is -2.22. The first-order chi connectivity index (χ1) is 18.6. The number of carbonyl (C=O) groups excluding carboxylic acids is 1. The third kappa shape index (κ3) is 6.14.